The lowest BCUT2D eigenvalue weighted by Gasteiger charge is -2.21. The Bertz CT molecular complexity index is 408. The van der Waals surface area contributed by atoms with Crippen LogP contribution in [0.3, 0.4) is 0 Å². The van der Waals surface area contributed by atoms with E-state index in [9.17, 15) is 4.79 Å². The zero-order valence-corrected chi connectivity index (χ0v) is 11.6. The number of carbonyl (C=O) groups excluding carboxylic acids is 1. The number of nitrogens with one attached hydrogen (secondary N) is 1. The zero-order valence-electron chi connectivity index (χ0n) is 10.7. The lowest BCUT2D eigenvalue weighted by atomic mass is 9.98. The number of benzene rings is 1. The molecule has 1 aromatic carbocycles. The highest BCUT2D eigenvalue weighted by molar-refractivity contribution is 7.99. The smallest absolute Gasteiger partial charge is 0.224 e. The van der Waals surface area contributed by atoms with E-state index in [2.05, 4.69) is 5.32 Å². The van der Waals surface area contributed by atoms with Crippen molar-refractivity contribution in [3.8, 4) is 0 Å². The van der Waals surface area contributed by atoms with Gasteiger partial charge in [0.1, 0.15) is 0 Å². The van der Waals surface area contributed by atoms with E-state index >= 15 is 0 Å². The van der Waals surface area contributed by atoms with Gasteiger partial charge in [-0.3, -0.25) is 4.79 Å². The van der Waals surface area contributed by atoms with Crippen molar-refractivity contribution in [1.82, 2.24) is 0 Å². The highest BCUT2D eigenvalue weighted by Gasteiger charge is 2.18. The summed E-state index contributed by atoms with van der Waals surface area (Å²) in [5, 5.41) is 2.96. The van der Waals surface area contributed by atoms with Gasteiger partial charge >= 0.3 is 0 Å². The summed E-state index contributed by atoms with van der Waals surface area (Å²) in [7, 11) is 0. The first-order valence-corrected chi connectivity index (χ1v) is 7.55. The fourth-order valence-corrected chi connectivity index (χ4v) is 3.47. The molecule has 0 atom stereocenters. The number of amides is 1. The third-order valence-electron chi connectivity index (χ3n) is 3.38. The number of rotatable bonds is 3. The van der Waals surface area contributed by atoms with Gasteiger partial charge in [0.05, 0.1) is 11.4 Å². The van der Waals surface area contributed by atoms with Crippen LogP contribution in [0, 0.1) is 12.8 Å². The van der Waals surface area contributed by atoms with Crippen LogP contribution in [0.2, 0.25) is 0 Å². The molecule has 1 amide bonds. The number of carbonyl (C=O) groups is 1. The van der Waals surface area contributed by atoms with Crippen LogP contribution in [0.4, 0.5) is 11.4 Å². The highest BCUT2D eigenvalue weighted by Crippen LogP contribution is 2.27. The average Bonchev–Trinajstić information content (AvgIpc) is 2.35. The van der Waals surface area contributed by atoms with Gasteiger partial charge < -0.3 is 11.1 Å². The molecule has 0 spiro atoms. The summed E-state index contributed by atoms with van der Waals surface area (Å²) >= 11 is 1.98. The van der Waals surface area contributed by atoms with Crippen LogP contribution in [0.5, 0.6) is 0 Å². The normalized spacial score (nSPS) is 16.5. The van der Waals surface area contributed by atoms with E-state index < -0.39 is 0 Å². The Labute approximate surface area is 113 Å². The van der Waals surface area contributed by atoms with E-state index in [1.807, 2.05) is 36.9 Å². The van der Waals surface area contributed by atoms with Crippen LogP contribution in [0.25, 0.3) is 0 Å². The second-order valence-corrected chi connectivity index (χ2v) is 6.07. The van der Waals surface area contributed by atoms with Crippen molar-refractivity contribution in [1.29, 1.82) is 0 Å². The quantitative estimate of drug-likeness (QED) is 0.825. The van der Waals surface area contributed by atoms with Crippen LogP contribution < -0.4 is 11.1 Å². The Morgan fingerprint density at radius 3 is 2.83 bits per heavy atom. The third-order valence-corrected chi connectivity index (χ3v) is 4.43. The molecule has 1 aromatic rings. The molecule has 0 aliphatic carbocycles. The molecule has 3 nitrogen and oxygen atoms in total. The largest absolute Gasteiger partial charge is 0.397 e. The molecule has 2 rings (SSSR count). The minimum atomic E-state index is 0.0906. The Morgan fingerprint density at radius 2 is 2.17 bits per heavy atom. The monoisotopic (exact) mass is 264 g/mol. The van der Waals surface area contributed by atoms with Gasteiger partial charge in [-0.05, 0) is 48.8 Å². The van der Waals surface area contributed by atoms with E-state index in [0.717, 1.165) is 24.1 Å². The molecule has 0 aromatic heterocycles. The van der Waals surface area contributed by atoms with E-state index in [4.69, 9.17) is 5.73 Å². The second kappa shape index (κ2) is 6.14. The fourth-order valence-electron chi connectivity index (χ4n) is 2.26. The van der Waals surface area contributed by atoms with Crippen LogP contribution in [0.15, 0.2) is 18.2 Å². The van der Waals surface area contributed by atoms with Gasteiger partial charge in [-0.2, -0.15) is 11.8 Å². The molecule has 0 bridgehead atoms. The molecule has 1 fully saturated rings. The summed E-state index contributed by atoms with van der Waals surface area (Å²) in [5.41, 5.74) is 8.31. The summed E-state index contributed by atoms with van der Waals surface area (Å²) in [6, 6.07) is 5.68. The lowest BCUT2D eigenvalue weighted by molar-refractivity contribution is -0.117. The number of nitrogens with two attached hydrogens (primary N) is 1. The average molecular weight is 264 g/mol. The molecule has 1 aliphatic rings. The molecular weight excluding hydrogens is 244 g/mol. The van der Waals surface area contributed by atoms with Crippen molar-refractivity contribution in [2.75, 3.05) is 22.6 Å². The van der Waals surface area contributed by atoms with Crippen molar-refractivity contribution in [2.45, 2.75) is 26.2 Å². The molecule has 1 heterocycles. The SMILES string of the molecule is Cc1cccc(N)c1NC(=O)CC1CCSCC1. The number of para-hydroxylation sites is 1. The minimum absolute atomic E-state index is 0.0906. The maximum Gasteiger partial charge on any atom is 0.224 e. The number of nitrogen functional groups attached to an aromatic ring is 1. The predicted molar refractivity (Wildman–Crippen MR) is 78.9 cm³/mol. The second-order valence-electron chi connectivity index (χ2n) is 4.85. The number of anilines is 2. The topological polar surface area (TPSA) is 55.1 Å². The van der Waals surface area contributed by atoms with Crippen LogP contribution >= 0.6 is 11.8 Å². The van der Waals surface area contributed by atoms with Crippen molar-refractivity contribution < 1.29 is 4.79 Å². The molecule has 18 heavy (non-hydrogen) atoms. The minimum Gasteiger partial charge on any atom is -0.397 e. The van der Waals surface area contributed by atoms with Gasteiger partial charge in [-0.1, -0.05) is 12.1 Å². The lowest BCUT2D eigenvalue weighted by Crippen LogP contribution is -2.20. The molecule has 3 N–H and O–H groups in total. The molecular formula is C14H20N2OS. The summed E-state index contributed by atoms with van der Waals surface area (Å²) in [6.07, 6.45) is 2.93. The van der Waals surface area contributed by atoms with Gasteiger partial charge in [0.25, 0.3) is 0 Å². The molecule has 0 unspecified atom stereocenters. The molecule has 0 radical (unpaired) electrons. The maximum absolute atomic E-state index is 12.0. The van der Waals surface area contributed by atoms with Crippen molar-refractivity contribution in [3.63, 3.8) is 0 Å². The summed E-state index contributed by atoms with van der Waals surface area (Å²) in [4.78, 5) is 12.0. The van der Waals surface area contributed by atoms with E-state index in [1.165, 1.54) is 11.5 Å². The maximum atomic E-state index is 12.0. The first-order chi connectivity index (χ1) is 8.66. The van der Waals surface area contributed by atoms with Crippen molar-refractivity contribution in [2.24, 2.45) is 5.92 Å². The van der Waals surface area contributed by atoms with Gasteiger partial charge in [-0.15, -0.1) is 0 Å². The molecule has 4 heteroatoms. The molecule has 0 saturated carbocycles. The van der Waals surface area contributed by atoms with Crippen molar-refractivity contribution >= 4 is 29.0 Å². The Hall–Kier alpha value is -1.16. The highest BCUT2D eigenvalue weighted by atomic mass is 32.2. The zero-order chi connectivity index (χ0) is 13.0. The third kappa shape index (κ3) is 3.42. The number of aryl methyl sites for hydroxylation is 1. The van der Waals surface area contributed by atoms with Crippen molar-refractivity contribution in [3.05, 3.63) is 23.8 Å². The molecule has 98 valence electrons. The van der Waals surface area contributed by atoms with Crippen LogP contribution in [-0.4, -0.2) is 17.4 Å². The van der Waals surface area contributed by atoms with Gasteiger partial charge in [-0.25, -0.2) is 0 Å². The Kier molecular flexibility index (Phi) is 4.53. The first kappa shape index (κ1) is 13.3. The van der Waals surface area contributed by atoms with Gasteiger partial charge in [0.2, 0.25) is 5.91 Å². The number of hydrogen-bond donors (Lipinski definition) is 2. The van der Waals surface area contributed by atoms with E-state index in [1.54, 1.807) is 0 Å². The fraction of sp³-hybridized carbons (Fsp3) is 0.500. The van der Waals surface area contributed by atoms with E-state index in [0.29, 0.717) is 18.0 Å². The summed E-state index contributed by atoms with van der Waals surface area (Å²) < 4.78 is 0. The summed E-state index contributed by atoms with van der Waals surface area (Å²) in [6.45, 7) is 1.96. The summed E-state index contributed by atoms with van der Waals surface area (Å²) in [5.74, 6) is 3.00. The Balaban J connectivity index is 1.94. The first-order valence-electron chi connectivity index (χ1n) is 6.39. The molecule has 1 saturated heterocycles. The number of thioether (sulfide) groups is 1. The molecule has 1 aliphatic heterocycles. The van der Waals surface area contributed by atoms with Gasteiger partial charge in [0.15, 0.2) is 0 Å². The predicted octanol–water partition coefficient (Wildman–Crippen LogP) is 3.05. The van der Waals surface area contributed by atoms with Crippen LogP contribution in [-0.2, 0) is 4.79 Å². The Morgan fingerprint density at radius 1 is 1.44 bits per heavy atom. The van der Waals surface area contributed by atoms with Crippen LogP contribution in [0.1, 0.15) is 24.8 Å². The number of hydrogen-bond acceptors (Lipinski definition) is 3. The standard InChI is InChI=1S/C14H20N2OS/c1-10-3-2-4-12(15)14(10)16-13(17)9-11-5-7-18-8-6-11/h2-4,11H,5-9,15H2,1H3,(H,16,17). The van der Waals surface area contributed by atoms with E-state index in [-0.39, 0.29) is 5.91 Å². The van der Waals surface area contributed by atoms with Gasteiger partial charge in [0, 0.05) is 6.42 Å².